The van der Waals surface area contributed by atoms with Gasteiger partial charge in [-0.2, -0.15) is 0 Å². The van der Waals surface area contributed by atoms with Crippen LogP contribution in [0.1, 0.15) is 6.92 Å². The van der Waals surface area contributed by atoms with Gasteiger partial charge in [0.05, 0.1) is 0 Å². The largest absolute Gasteiger partial charge is 0.573 e. The van der Waals surface area contributed by atoms with Crippen LogP contribution in [0.15, 0.2) is 59.2 Å². The van der Waals surface area contributed by atoms with Crippen molar-refractivity contribution in [1.82, 2.24) is 0 Å². The van der Waals surface area contributed by atoms with Crippen molar-refractivity contribution in [1.29, 1.82) is 0 Å². The maximum Gasteiger partial charge on any atom is 0.573 e. The maximum atomic E-state index is 12.2. The van der Waals surface area contributed by atoms with E-state index < -0.39 is 6.36 Å². The molecule has 0 aliphatic heterocycles. The molecule has 0 heterocycles. The minimum Gasteiger partial charge on any atom is -0.455 e. The summed E-state index contributed by atoms with van der Waals surface area (Å²) in [7, 11) is 0. The maximum absolute atomic E-state index is 12.2. The first-order valence-corrected chi connectivity index (χ1v) is 7.12. The van der Waals surface area contributed by atoms with Gasteiger partial charge in [0.2, 0.25) is 0 Å². The van der Waals surface area contributed by atoms with E-state index in [0.29, 0.717) is 22.9 Å². The van der Waals surface area contributed by atoms with Crippen molar-refractivity contribution in [2.75, 3.05) is 5.73 Å². The lowest BCUT2D eigenvalue weighted by molar-refractivity contribution is -0.274. The molecule has 0 spiro atoms. The van der Waals surface area contributed by atoms with Crippen molar-refractivity contribution in [3.63, 3.8) is 0 Å². The molecule has 0 amide bonds. The fourth-order valence-electron chi connectivity index (χ4n) is 1.77. The lowest BCUT2D eigenvalue weighted by Gasteiger charge is -2.11. The van der Waals surface area contributed by atoms with Crippen molar-refractivity contribution in [3.8, 4) is 17.2 Å². The predicted octanol–water partition coefficient (Wildman–Crippen LogP) is 4.52. The van der Waals surface area contributed by atoms with Gasteiger partial charge in [0.15, 0.2) is 5.75 Å². The summed E-state index contributed by atoms with van der Waals surface area (Å²) in [5, 5.41) is 0. The Morgan fingerprint density at radius 3 is 2.32 bits per heavy atom. The molecule has 0 saturated heterocycles. The highest BCUT2D eigenvalue weighted by Gasteiger charge is 2.30. The normalized spacial score (nSPS) is 12.4. The molecular formula is C17H16F3N3O2. The third-order valence-corrected chi connectivity index (χ3v) is 2.94. The van der Waals surface area contributed by atoms with E-state index in [1.165, 1.54) is 18.3 Å². The molecule has 2 rings (SSSR count). The van der Waals surface area contributed by atoms with E-state index in [1.54, 1.807) is 31.3 Å². The number of ether oxygens (including phenoxy) is 2. The van der Waals surface area contributed by atoms with Crippen LogP contribution in [-0.2, 0) is 0 Å². The van der Waals surface area contributed by atoms with Crippen LogP contribution < -0.4 is 20.9 Å². The highest BCUT2D eigenvalue weighted by molar-refractivity contribution is 5.81. The Labute approximate surface area is 142 Å². The predicted molar refractivity (Wildman–Crippen MR) is 90.1 cm³/mol. The molecule has 0 aliphatic carbocycles. The van der Waals surface area contributed by atoms with E-state index in [9.17, 15) is 13.2 Å². The van der Waals surface area contributed by atoms with E-state index >= 15 is 0 Å². The molecule has 8 heteroatoms. The van der Waals surface area contributed by atoms with E-state index in [0.717, 1.165) is 17.7 Å². The number of nitrogen functional groups attached to an aromatic ring is 1. The monoisotopic (exact) mass is 351 g/mol. The molecule has 0 aliphatic rings. The van der Waals surface area contributed by atoms with Gasteiger partial charge < -0.3 is 20.9 Å². The third kappa shape index (κ3) is 5.76. The average molecular weight is 351 g/mol. The molecule has 0 atom stereocenters. The van der Waals surface area contributed by atoms with Crippen LogP contribution in [-0.4, -0.2) is 12.6 Å². The summed E-state index contributed by atoms with van der Waals surface area (Å²) in [6.07, 6.45) is -1.79. The fourth-order valence-corrected chi connectivity index (χ4v) is 1.77. The number of rotatable bonds is 5. The van der Waals surface area contributed by atoms with Crippen LogP contribution in [0.5, 0.6) is 17.2 Å². The lowest BCUT2D eigenvalue weighted by atomic mass is 10.2. The zero-order valence-corrected chi connectivity index (χ0v) is 13.2. The Morgan fingerprint density at radius 2 is 1.72 bits per heavy atom. The number of nitrogens with two attached hydrogens (primary N) is 2. The molecule has 0 unspecified atom stereocenters. The van der Waals surface area contributed by atoms with Gasteiger partial charge in [-0.25, -0.2) is 0 Å². The first kappa shape index (κ1) is 18.2. The van der Waals surface area contributed by atoms with Crippen molar-refractivity contribution in [2.45, 2.75) is 13.3 Å². The van der Waals surface area contributed by atoms with Crippen molar-refractivity contribution < 1.29 is 22.6 Å². The summed E-state index contributed by atoms with van der Waals surface area (Å²) in [6, 6.07) is 9.88. The zero-order valence-electron chi connectivity index (χ0n) is 13.2. The van der Waals surface area contributed by atoms with Crippen LogP contribution in [0, 0.1) is 0 Å². The number of nitrogens with zero attached hydrogens (tertiary/aromatic N) is 1. The van der Waals surface area contributed by atoms with E-state index in [4.69, 9.17) is 16.2 Å². The van der Waals surface area contributed by atoms with Gasteiger partial charge in [-0.05, 0) is 55.1 Å². The van der Waals surface area contributed by atoms with Crippen LogP contribution in [0.3, 0.4) is 0 Å². The van der Waals surface area contributed by atoms with Gasteiger partial charge in [-0.3, -0.25) is 4.99 Å². The summed E-state index contributed by atoms with van der Waals surface area (Å²) >= 11 is 0. The van der Waals surface area contributed by atoms with Gasteiger partial charge in [-0.1, -0.05) is 0 Å². The molecular weight excluding hydrogens is 335 g/mol. The number of allylic oxidation sites excluding steroid dienone is 1. The topological polar surface area (TPSA) is 82.9 Å². The van der Waals surface area contributed by atoms with E-state index in [1.807, 2.05) is 0 Å². The first-order chi connectivity index (χ1) is 11.8. The average Bonchev–Trinajstić information content (AvgIpc) is 2.54. The quantitative estimate of drug-likeness (QED) is 0.613. The summed E-state index contributed by atoms with van der Waals surface area (Å²) in [5.41, 5.74) is 12.8. The third-order valence-electron chi connectivity index (χ3n) is 2.94. The fraction of sp³-hybridized carbons (Fsp3) is 0.118. The molecule has 0 radical (unpaired) electrons. The molecule has 2 aromatic rings. The highest BCUT2D eigenvalue weighted by atomic mass is 19.4. The summed E-state index contributed by atoms with van der Waals surface area (Å²) in [4.78, 5) is 4.25. The number of anilines is 1. The molecule has 0 aromatic heterocycles. The molecule has 4 N–H and O–H groups in total. The minimum absolute atomic E-state index is 0.308. The molecule has 132 valence electrons. The van der Waals surface area contributed by atoms with Crippen molar-refractivity contribution in [3.05, 3.63) is 54.2 Å². The minimum atomic E-state index is -4.74. The van der Waals surface area contributed by atoms with Crippen LogP contribution in [0.4, 0.5) is 24.5 Å². The second kappa shape index (κ2) is 7.61. The van der Waals surface area contributed by atoms with Gasteiger partial charge in [0.25, 0.3) is 0 Å². The Morgan fingerprint density at radius 1 is 1.08 bits per heavy atom. The Balaban J connectivity index is 2.21. The van der Waals surface area contributed by atoms with Crippen molar-refractivity contribution in [2.24, 2.45) is 10.7 Å². The number of halogens is 3. The van der Waals surface area contributed by atoms with Crippen LogP contribution >= 0.6 is 0 Å². The molecule has 0 bridgehead atoms. The van der Waals surface area contributed by atoms with E-state index in [-0.39, 0.29) is 5.75 Å². The summed E-state index contributed by atoms with van der Waals surface area (Å²) in [6.45, 7) is 1.78. The molecule has 5 nitrogen and oxygen atoms in total. The SMILES string of the molecule is CC(C=Nc1ccc(N)cc1Oc1ccc(OC(F)(F)F)cc1)=CN. The van der Waals surface area contributed by atoms with Gasteiger partial charge in [0.1, 0.15) is 17.2 Å². The molecule has 0 saturated carbocycles. The Hall–Kier alpha value is -3.16. The number of hydrogen-bond donors (Lipinski definition) is 2. The number of hydrogen-bond acceptors (Lipinski definition) is 5. The summed E-state index contributed by atoms with van der Waals surface area (Å²) in [5.74, 6) is 0.322. The van der Waals surface area contributed by atoms with Crippen molar-refractivity contribution >= 4 is 17.6 Å². The van der Waals surface area contributed by atoms with Gasteiger partial charge in [0, 0.05) is 18.0 Å². The van der Waals surface area contributed by atoms with Crippen LogP contribution in [0.2, 0.25) is 0 Å². The number of aliphatic imine (C=N–C) groups is 1. The standard InChI is InChI=1S/C17H16F3N3O2/c1-11(9-21)10-23-15-7-2-12(22)8-16(15)24-13-3-5-14(6-4-13)25-17(18,19)20/h2-10H,21-22H2,1H3. The van der Waals surface area contributed by atoms with Gasteiger partial charge >= 0.3 is 6.36 Å². The second-order valence-electron chi connectivity index (χ2n) is 5.02. The molecule has 2 aromatic carbocycles. The number of alkyl halides is 3. The highest BCUT2D eigenvalue weighted by Crippen LogP contribution is 2.34. The lowest BCUT2D eigenvalue weighted by Crippen LogP contribution is -2.16. The Kier molecular flexibility index (Phi) is 5.53. The Bertz CT molecular complexity index is 785. The smallest absolute Gasteiger partial charge is 0.455 e. The zero-order chi connectivity index (χ0) is 18.4. The summed E-state index contributed by atoms with van der Waals surface area (Å²) < 4.78 is 46.0. The first-order valence-electron chi connectivity index (χ1n) is 7.12. The molecule has 0 fully saturated rings. The second-order valence-corrected chi connectivity index (χ2v) is 5.02. The van der Waals surface area contributed by atoms with Crippen LogP contribution in [0.25, 0.3) is 0 Å². The molecule has 25 heavy (non-hydrogen) atoms. The van der Waals surface area contributed by atoms with E-state index in [2.05, 4.69) is 9.73 Å². The number of benzene rings is 2. The van der Waals surface area contributed by atoms with Gasteiger partial charge in [-0.15, -0.1) is 13.2 Å².